The maximum absolute atomic E-state index is 12.3. The first-order valence-electron chi connectivity index (χ1n) is 9.29. The predicted octanol–water partition coefficient (Wildman–Crippen LogP) is 3.46. The maximum atomic E-state index is 12.3. The van der Waals surface area contributed by atoms with Crippen molar-refractivity contribution in [3.8, 4) is 0 Å². The fourth-order valence-electron chi connectivity index (χ4n) is 4.92. The Balaban J connectivity index is 1.28. The van der Waals surface area contributed by atoms with Gasteiger partial charge in [-0.05, 0) is 73.8 Å². The van der Waals surface area contributed by atoms with Crippen LogP contribution in [0.15, 0.2) is 6.07 Å². The van der Waals surface area contributed by atoms with Crippen LogP contribution in [-0.4, -0.2) is 11.8 Å². The van der Waals surface area contributed by atoms with E-state index in [9.17, 15) is 9.59 Å². The molecule has 0 aliphatic heterocycles. The number of nitrogens with one attached hydrogen (secondary N) is 2. The van der Waals surface area contributed by atoms with Crippen molar-refractivity contribution in [2.75, 3.05) is 0 Å². The van der Waals surface area contributed by atoms with E-state index >= 15 is 0 Å². The average molecular weight is 346 g/mol. The molecule has 3 aliphatic rings. The summed E-state index contributed by atoms with van der Waals surface area (Å²) in [5.74, 6) is 2.59. The Morgan fingerprint density at radius 3 is 2.83 bits per heavy atom. The van der Waals surface area contributed by atoms with Crippen molar-refractivity contribution >= 4 is 23.2 Å². The van der Waals surface area contributed by atoms with E-state index in [0.717, 1.165) is 24.7 Å². The van der Waals surface area contributed by atoms with Crippen LogP contribution in [0.2, 0.25) is 0 Å². The summed E-state index contributed by atoms with van der Waals surface area (Å²) in [7, 11) is 0. The van der Waals surface area contributed by atoms with Crippen LogP contribution in [0.4, 0.5) is 0 Å². The minimum atomic E-state index is -0.177. The highest BCUT2D eigenvalue weighted by molar-refractivity contribution is 7.14. The molecule has 0 radical (unpaired) electrons. The summed E-state index contributed by atoms with van der Waals surface area (Å²) in [6, 6.07) is 2.01. The van der Waals surface area contributed by atoms with E-state index in [-0.39, 0.29) is 11.8 Å². The van der Waals surface area contributed by atoms with Gasteiger partial charge in [-0.3, -0.25) is 20.4 Å². The predicted molar refractivity (Wildman–Crippen MR) is 94.7 cm³/mol. The molecule has 1 aromatic rings. The lowest BCUT2D eigenvalue weighted by atomic mass is 9.86. The van der Waals surface area contributed by atoms with Crippen LogP contribution in [0.1, 0.15) is 65.6 Å². The SMILES string of the molecule is CC1CCc2sc(C(=O)NNC(=O)CC3CC4CCC3C4)cc2C1. The van der Waals surface area contributed by atoms with Gasteiger partial charge in [0.1, 0.15) is 0 Å². The fraction of sp³-hybridized carbons (Fsp3) is 0.684. The van der Waals surface area contributed by atoms with Crippen LogP contribution >= 0.6 is 11.3 Å². The molecule has 3 aliphatic carbocycles. The van der Waals surface area contributed by atoms with Gasteiger partial charge in [0, 0.05) is 11.3 Å². The number of fused-ring (bicyclic) bond motifs is 3. The Kier molecular flexibility index (Phi) is 4.37. The molecule has 1 heterocycles. The van der Waals surface area contributed by atoms with Gasteiger partial charge in [0.05, 0.1) is 4.88 Å². The Labute approximate surface area is 147 Å². The molecule has 2 N–H and O–H groups in total. The van der Waals surface area contributed by atoms with Crippen molar-refractivity contribution in [2.45, 2.75) is 58.3 Å². The lowest BCUT2D eigenvalue weighted by Gasteiger charge is -2.20. The minimum absolute atomic E-state index is 0.0455. The summed E-state index contributed by atoms with van der Waals surface area (Å²) in [6.07, 6.45) is 9.04. The van der Waals surface area contributed by atoms with Gasteiger partial charge in [-0.2, -0.15) is 0 Å². The summed E-state index contributed by atoms with van der Waals surface area (Å²) >= 11 is 1.58. The second-order valence-electron chi connectivity index (χ2n) is 8.05. The highest BCUT2D eigenvalue weighted by Gasteiger charge is 2.40. The molecule has 4 nitrogen and oxygen atoms in total. The monoisotopic (exact) mass is 346 g/mol. The molecule has 1 aromatic heterocycles. The quantitative estimate of drug-likeness (QED) is 0.824. The van der Waals surface area contributed by atoms with Gasteiger partial charge in [0.25, 0.3) is 5.91 Å². The van der Waals surface area contributed by atoms with Gasteiger partial charge in [0.2, 0.25) is 5.91 Å². The number of hydrazine groups is 1. The zero-order valence-corrected chi connectivity index (χ0v) is 15.1. The smallest absolute Gasteiger partial charge is 0.273 e. The van der Waals surface area contributed by atoms with Crippen LogP contribution in [0.3, 0.4) is 0 Å². The molecule has 130 valence electrons. The third-order valence-corrected chi connectivity index (χ3v) is 7.44. The van der Waals surface area contributed by atoms with Crippen molar-refractivity contribution < 1.29 is 9.59 Å². The van der Waals surface area contributed by atoms with Crippen LogP contribution in [0.25, 0.3) is 0 Å². The zero-order valence-electron chi connectivity index (χ0n) is 14.3. The zero-order chi connectivity index (χ0) is 16.7. The van der Waals surface area contributed by atoms with E-state index in [4.69, 9.17) is 0 Å². The third-order valence-electron chi connectivity index (χ3n) is 6.20. The van der Waals surface area contributed by atoms with Crippen molar-refractivity contribution in [2.24, 2.45) is 23.7 Å². The van der Waals surface area contributed by atoms with Gasteiger partial charge in [0.15, 0.2) is 0 Å². The van der Waals surface area contributed by atoms with Gasteiger partial charge < -0.3 is 0 Å². The molecule has 2 fully saturated rings. The number of aryl methyl sites for hydroxylation is 1. The van der Waals surface area contributed by atoms with E-state index in [1.165, 1.54) is 42.5 Å². The highest BCUT2D eigenvalue weighted by atomic mass is 32.1. The summed E-state index contributed by atoms with van der Waals surface area (Å²) in [6.45, 7) is 2.26. The largest absolute Gasteiger partial charge is 0.279 e. The number of carbonyl (C=O) groups is 2. The molecule has 0 spiro atoms. The van der Waals surface area contributed by atoms with Crippen LogP contribution in [-0.2, 0) is 17.6 Å². The van der Waals surface area contributed by atoms with Gasteiger partial charge in [-0.1, -0.05) is 13.3 Å². The van der Waals surface area contributed by atoms with Crippen molar-refractivity contribution in [3.05, 3.63) is 21.4 Å². The number of hydrogen-bond donors (Lipinski definition) is 2. The number of rotatable bonds is 3. The normalized spacial score (nSPS) is 30.9. The van der Waals surface area contributed by atoms with E-state index in [2.05, 4.69) is 17.8 Å². The molecule has 2 bridgehead atoms. The fourth-order valence-corrected chi connectivity index (χ4v) is 6.03. The summed E-state index contributed by atoms with van der Waals surface area (Å²) < 4.78 is 0. The van der Waals surface area contributed by atoms with Gasteiger partial charge >= 0.3 is 0 Å². The van der Waals surface area contributed by atoms with E-state index in [1.54, 1.807) is 11.3 Å². The first-order chi connectivity index (χ1) is 11.6. The van der Waals surface area contributed by atoms with Crippen LogP contribution in [0.5, 0.6) is 0 Å². The number of amides is 2. The third kappa shape index (κ3) is 3.23. The summed E-state index contributed by atoms with van der Waals surface area (Å²) in [5.41, 5.74) is 6.55. The minimum Gasteiger partial charge on any atom is -0.273 e. The molecule has 4 atom stereocenters. The summed E-state index contributed by atoms with van der Waals surface area (Å²) in [5, 5.41) is 0. The molecule has 4 unspecified atom stereocenters. The lowest BCUT2D eigenvalue weighted by Crippen LogP contribution is -2.42. The highest BCUT2D eigenvalue weighted by Crippen LogP contribution is 2.49. The maximum Gasteiger partial charge on any atom is 0.279 e. The summed E-state index contributed by atoms with van der Waals surface area (Å²) in [4.78, 5) is 26.5. The van der Waals surface area contributed by atoms with E-state index in [0.29, 0.717) is 23.1 Å². The lowest BCUT2D eigenvalue weighted by molar-refractivity contribution is -0.123. The van der Waals surface area contributed by atoms with Crippen LogP contribution < -0.4 is 10.9 Å². The molecular formula is C19H26N2O2S. The van der Waals surface area contributed by atoms with Crippen molar-refractivity contribution in [3.63, 3.8) is 0 Å². The van der Waals surface area contributed by atoms with Gasteiger partial charge in [-0.15, -0.1) is 11.3 Å². The second kappa shape index (κ2) is 6.51. The van der Waals surface area contributed by atoms with E-state index in [1.807, 2.05) is 6.07 Å². The Bertz CT molecular complexity index is 654. The molecule has 2 amide bonds. The Morgan fingerprint density at radius 1 is 1.21 bits per heavy atom. The number of thiophene rings is 1. The van der Waals surface area contributed by atoms with Crippen LogP contribution in [0, 0.1) is 23.7 Å². The average Bonchev–Trinajstić information content (AvgIpc) is 3.26. The Morgan fingerprint density at radius 2 is 2.08 bits per heavy atom. The first-order valence-corrected chi connectivity index (χ1v) is 10.1. The number of hydrogen-bond acceptors (Lipinski definition) is 3. The Hall–Kier alpha value is -1.36. The molecule has 0 saturated heterocycles. The first kappa shape index (κ1) is 16.1. The van der Waals surface area contributed by atoms with Crippen molar-refractivity contribution in [1.29, 1.82) is 0 Å². The molecule has 5 heteroatoms. The molecule has 4 rings (SSSR count). The molecule has 0 aromatic carbocycles. The molecule has 24 heavy (non-hydrogen) atoms. The van der Waals surface area contributed by atoms with Crippen molar-refractivity contribution in [1.82, 2.24) is 10.9 Å². The second-order valence-corrected chi connectivity index (χ2v) is 9.19. The van der Waals surface area contributed by atoms with E-state index < -0.39 is 0 Å². The standard InChI is InChI=1S/C19H26N2O2S/c1-11-2-5-16-15(6-11)9-17(24-16)19(23)21-20-18(22)10-14-8-12-3-4-13(14)7-12/h9,11-14H,2-8,10H2,1H3,(H,20,22)(H,21,23). The molecular weight excluding hydrogens is 320 g/mol. The van der Waals surface area contributed by atoms with Gasteiger partial charge in [-0.25, -0.2) is 0 Å². The molecule has 2 saturated carbocycles. The number of carbonyl (C=O) groups excluding carboxylic acids is 2. The topological polar surface area (TPSA) is 58.2 Å².